The van der Waals surface area contributed by atoms with Crippen LogP contribution in [-0.4, -0.2) is 39.3 Å². The number of benzene rings is 2. The van der Waals surface area contributed by atoms with Crippen molar-refractivity contribution < 1.29 is 24.6 Å². The highest BCUT2D eigenvalue weighted by molar-refractivity contribution is 6.46. The molecule has 6 nitrogen and oxygen atoms in total. The molecule has 0 saturated carbocycles. The van der Waals surface area contributed by atoms with Crippen LogP contribution in [0.4, 0.5) is 0 Å². The van der Waals surface area contributed by atoms with Crippen molar-refractivity contribution in [1.29, 1.82) is 0 Å². The van der Waals surface area contributed by atoms with Crippen LogP contribution in [0.3, 0.4) is 0 Å². The zero-order valence-corrected chi connectivity index (χ0v) is 15.5. The van der Waals surface area contributed by atoms with Gasteiger partial charge in [0.2, 0.25) is 0 Å². The molecule has 1 heterocycles. The number of nitrogens with zero attached hydrogens (tertiary/aromatic N) is 1. The van der Waals surface area contributed by atoms with E-state index in [-0.39, 0.29) is 30.7 Å². The zero-order valence-electron chi connectivity index (χ0n) is 15.5. The first-order valence-electron chi connectivity index (χ1n) is 9.02. The molecule has 2 aromatic rings. The van der Waals surface area contributed by atoms with Gasteiger partial charge in [0.1, 0.15) is 5.76 Å². The fraction of sp³-hybridized carbons (Fsp3) is 0.227. The van der Waals surface area contributed by atoms with Crippen molar-refractivity contribution in [1.82, 2.24) is 4.90 Å². The summed E-state index contributed by atoms with van der Waals surface area (Å²) in [6, 6.07) is 15.2. The molecular formula is C22H21NO5. The number of ketones is 1. The third kappa shape index (κ3) is 3.81. The third-order valence-electron chi connectivity index (χ3n) is 4.77. The van der Waals surface area contributed by atoms with Gasteiger partial charge < -0.3 is 15.1 Å². The summed E-state index contributed by atoms with van der Waals surface area (Å²) in [5.41, 5.74) is 2.17. The van der Waals surface area contributed by atoms with Gasteiger partial charge in [-0.05, 0) is 18.9 Å². The summed E-state index contributed by atoms with van der Waals surface area (Å²) in [7, 11) is 0. The normalized spacial score (nSPS) is 18.5. The Morgan fingerprint density at radius 1 is 1.00 bits per heavy atom. The van der Waals surface area contributed by atoms with Gasteiger partial charge in [-0.15, -0.1) is 0 Å². The van der Waals surface area contributed by atoms with Gasteiger partial charge in [0.15, 0.2) is 0 Å². The molecular weight excluding hydrogens is 358 g/mol. The molecule has 1 aliphatic heterocycles. The smallest absolute Gasteiger partial charge is 0.303 e. The maximum atomic E-state index is 12.8. The van der Waals surface area contributed by atoms with Crippen LogP contribution in [0.25, 0.3) is 5.76 Å². The van der Waals surface area contributed by atoms with Gasteiger partial charge in [0.25, 0.3) is 11.7 Å². The first kappa shape index (κ1) is 19.4. The Hall–Kier alpha value is -3.41. The summed E-state index contributed by atoms with van der Waals surface area (Å²) in [5.74, 6) is -2.68. The molecule has 0 spiro atoms. The predicted octanol–water partition coefficient (Wildman–Crippen LogP) is 3.28. The summed E-state index contributed by atoms with van der Waals surface area (Å²) in [4.78, 5) is 37.6. The number of aliphatic hydroxyl groups is 1. The van der Waals surface area contributed by atoms with Crippen LogP contribution in [0.5, 0.6) is 0 Å². The summed E-state index contributed by atoms with van der Waals surface area (Å²) in [5, 5.41) is 19.7. The summed E-state index contributed by atoms with van der Waals surface area (Å²) in [6.07, 6.45) is 0.110. The van der Waals surface area contributed by atoms with Crippen molar-refractivity contribution >= 4 is 23.4 Å². The molecule has 1 saturated heterocycles. The molecule has 2 aromatic carbocycles. The molecule has 1 aliphatic rings. The Bertz CT molecular complexity index is 931. The highest BCUT2D eigenvalue weighted by atomic mass is 16.4. The fourth-order valence-electron chi connectivity index (χ4n) is 3.36. The molecule has 0 bridgehead atoms. The van der Waals surface area contributed by atoms with Gasteiger partial charge in [-0.3, -0.25) is 14.4 Å². The lowest BCUT2D eigenvalue weighted by Crippen LogP contribution is -2.31. The minimum atomic E-state index is -0.965. The van der Waals surface area contributed by atoms with Crippen LogP contribution in [0.2, 0.25) is 0 Å². The first-order valence-corrected chi connectivity index (χ1v) is 9.02. The number of rotatable bonds is 6. The molecule has 1 fully saturated rings. The number of amides is 1. The molecule has 1 atom stereocenters. The number of hydrogen-bond acceptors (Lipinski definition) is 4. The van der Waals surface area contributed by atoms with Crippen molar-refractivity contribution in [3.8, 4) is 0 Å². The van der Waals surface area contributed by atoms with E-state index >= 15 is 0 Å². The molecule has 28 heavy (non-hydrogen) atoms. The van der Waals surface area contributed by atoms with Gasteiger partial charge in [-0.1, -0.05) is 60.2 Å². The Labute approximate surface area is 162 Å². The standard InChI is InChI=1S/C22H21NO5/c1-14-9-11-16(12-10-14)20(26)18-19(15-6-3-2-4-7-15)23(22(28)21(18)27)13-5-8-17(24)25/h2-4,6-7,9-12,19,26H,5,8,13H2,1H3,(H,24,25). The molecule has 0 radical (unpaired) electrons. The lowest BCUT2D eigenvalue weighted by atomic mass is 9.95. The second-order valence-corrected chi connectivity index (χ2v) is 6.77. The van der Waals surface area contributed by atoms with Crippen molar-refractivity contribution in [3.05, 3.63) is 76.9 Å². The number of hydrogen-bond donors (Lipinski definition) is 2. The van der Waals surface area contributed by atoms with Crippen LogP contribution in [0.1, 0.15) is 35.6 Å². The molecule has 1 amide bonds. The van der Waals surface area contributed by atoms with Crippen LogP contribution < -0.4 is 0 Å². The van der Waals surface area contributed by atoms with E-state index in [0.29, 0.717) is 11.1 Å². The Kier molecular flexibility index (Phi) is 5.59. The monoisotopic (exact) mass is 379 g/mol. The van der Waals surface area contributed by atoms with Gasteiger partial charge in [0.05, 0.1) is 11.6 Å². The number of carbonyl (C=O) groups is 3. The fourth-order valence-corrected chi connectivity index (χ4v) is 3.36. The molecule has 0 aliphatic carbocycles. The van der Waals surface area contributed by atoms with Gasteiger partial charge in [-0.25, -0.2) is 0 Å². The minimum absolute atomic E-state index is 0.0235. The maximum absolute atomic E-state index is 12.8. The second-order valence-electron chi connectivity index (χ2n) is 6.77. The van der Waals surface area contributed by atoms with Crippen LogP contribution in [0.15, 0.2) is 60.2 Å². The molecule has 0 aromatic heterocycles. The SMILES string of the molecule is Cc1ccc(C(O)=C2C(=O)C(=O)N(CCCC(=O)O)C2c2ccccc2)cc1. The molecule has 2 N–H and O–H groups in total. The lowest BCUT2D eigenvalue weighted by Gasteiger charge is -2.25. The zero-order chi connectivity index (χ0) is 20.3. The second kappa shape index (κ2) is 8.08. The number of Topliss-reactive ketones (excluding diaryl/α,β-unsaturated/α-hetero) is 1. The van der Waals surface area contributed by atoms with Crippen LogP contribution in [0, 0.1) is 6.92 Å². The lowest BCUT2D eigenvalue weighted by molar-refractivity contribution is -0.140. The van der Waals surface area contributed by atoms with E-state index < -0.39 is 23.7 Å². The van der Waals surface area contributed by atoms with E-state index in [2.05, 4.69) is 0 Å². The minimum Gasteiger partial charge on any atom is -0.507 e. The Morgan fingerprint density at radius 3 is 2.25 bits per heavy atom. The number of carboxylic acids is 1. The average Bonchev–Trinajstić information content (AvgIpc) is 2.93. The van der Waals surface area contributed by atoms with E-state index in [1.54, 1.807) is 36.4 Å². The quantitative estimate of drug-likeness (QED) is 0.456. The molecule has 3 rings (SSSR count). The topological polar surface area (TPSA) is 94.9 Å². The summed E-state index contributed by atoms with van der Waals surface area (Å²) < 4.78 is 0. The van der Waals surface area contributed by atoms with Gasteiger partial charge in [-0.2, -0.15) is 0 Å². The highest BCUT2D eigenvalue weighted by Crippen LogP contribution is 2.39. The summed E-state index contributed by atoms with van der Waals surface area (Å²) >= 11 is 0. The number of likely N-dealkylation sites (tertiary alicyclic amines) is 1. The highest BCUT2D eigenvalue weighted by Gasteiger charge is 2.45. The molecule has 1 unspecified atom stereocenters. The Balaban J connectivity index is 2.07. The average molecular weight is 379 g/mol. The van der Waals surface area contributed by atoms with Crippen molar-refractivity contribution in [3.63, 3.8) is 0 Å². The maximum Gasteiger partial charge on any atom is 0.303 e. The molecule has 6 heteroatoms. The molecule has 144 valence electrons. The van der Waals surface area contributed by atoms with E-state index in [9.17, 15) is 19.5 Å². The predicted molar refractivity (Wildman–Crippen MR) is 104 cm³/mol. The van der Waals surface area contributed by atoms with E-state index in [1.807, 2.05) is 25.1 Å². The van der Waals surface area contributed by atoms with Gasteiger partial charge >= 0.3 is 5.97 Å². The van der Waals surface area contributed by atoms with Gasteiger partial charge in [0, 0.05) is 18.5 Å². The number of aliphatic carboxylic acids is 1. The Morgan fingerprint density at radius 2 is 1.64 bits per heavy atom. The number of carbonyl (C=O) groups excluding carboxylic acids is 2. The van der Waals surface area contributed by atoms with Crippen molar-refractivity contribution in [2.45, 2.75) is 25.8 Å². The summed E-state index contributed by atoms with van der Waals surface area (Å²) in [6.45, 7) is 2.02. The van der Waals surface area contributed by atoms with Crippen molar-refractivity contribution in [2.75, 3.05) is 6.54 Å². The number of carboxylic acid groups (broad SMARTS) is 1. The largest absolute Gasteiger partial charge is 0.507 e. The van der Waals surface area contributed by atoms with E-state index in [0.717, 1.165) is 5.56 Å². The number of aryl methyl sites for hydroxylation is 1. The van der Waals surface area contributed by atoms with Crippen LogP contribution >= 0.6 is 0 Å². The van der Waals surface area contributed by atoms with Crippen molar-refractivity contribution in [2.24, 2.45) is 0 Å². The third-order valence-corrected chi connectivity index (χ3v) is 4.77. The van der Waals surface area contributed by atoms with E-state index in [1.165, 1.54) is 4.90 Å². The first-order chi connectivity index (χ1) is 13.4. The van der Waals surface area contributed by atoms with Crippen LogP contribution in [-0.2, 0) is 14.4 Å². The van der Waals surface area contributed by atoms with E-state index in [4.69, 9.17) is 5.11 Å². The number of aliphatic hydroxyl groups excluding tert-OH is 1.